The summed E-state index contributed by atoms with van der Waals surface area (Å²) in [5.41, 5.74) is 4.41. The Kier molecular flexibility index (Phi) is 6.30. The summed E-state index contributed by atoms with van der Waals surface area (Å²) in [6, 6.07) is 19.6. The maximum atomic E-state index is 12.5. The molecule has 2 aromatic carbocycles. The minimum absolute atomic E-state index is 0.176. The molecule has 1 aliphatic heterocycles. The number of nitrogens with zero attached hydrogens (tertiary/aromatic N) is 1. The van der Waals surface area contributed by atoms with E-state index in [2.05, 4.69) is 53.9 Å². The molecule has 2 aromatic rings. The molecule has 174 valence electrons. The number of rotatable bonds is 9. The predicted octanol–water partition coefficient (Wildman–Crippen LogP) is 3.58. The van der Waals surface area contributed by atoms with E-state index in [0.717, 1.165) is 37.7 Å². The van der Waals surface area contributed by atoms with Crippen LogP contribution in [0.25, 0.3) is 0 Å². The Labute approximate surface area is 197 Å². The standard InChI is InChI=1S/C27H32N2O3S/c28-17-27(18-32-19-27)29-26-11-10-23-9-8-21(12-13-33(30,31)16-22-6-7-22)14-24(23)25(26)15-20-4-2-1-3-5-20/h1-5,8-9,14,22,25-26,29H,6-7,10-13,15-16,18-19H2. The molecule has 6 heteroatoms. The average Bonchev–Trinajstić information content (AvgIpc) is 3.60. The molecule has 3 aliphatic rings. The largest absolute Gasteiger partial charge is 0.375 e. The van der Waals surface area contributed by atoms with Crippen LogP contribution in [-0.4, -0.2) is 44.7 Å². The van der Waals surface area contributed by atoms with Gasteiger partial charge in [0.05, 0.1) is 30.8 Å². The van der Waals surface area contributed by atoms with Gasteiger partial charge in [-0.1, -0.05) is 48.5 Å². The zero-order chi connectivity index (χ0) is 22.9. The summed E-state index contributed by atoms with van der Waals surface area (Å²) in [4.78, 5) is 0. The van der Waals surface area contributed by atoms with E-state index >= 15 is 0 Å². The minimum Gasteiger partial charge on any atom is -0.375 e. The topological polar surface area (TPSA) is 79.2 Å². The Morgan fingerprint density at radius 2 is 1.85 bits per heavy atom. The zero-order valence-corrected chi connectivity index (χ0v) is 19.8. The van der Waals surface area contributed by atoms with Crippen molar-refractivity contribution in [2.75, 3.05) is 24.7 Å². The normalized spacial score (nSPS) is 23.8. The van der Waals surface area contributed by atoms with Crippen LogP contribution in [0.2, 0.25) is 0 Å². The number of sulfone groups is 1. The molecule has 2 atom stereocenters. The first kappa shape index (κ1) is 22.6. The van der Waals surface area contributed by atoms with Crippen molar-refractivity contribution in [3.63, 3.8) is 0 Å². The van der Waals surface area contributed by atoms with Gasteiger partial charge in [0.15, 0.2) is 15.4 Å². The molecule has 0 aromatic heterocycles. The van der Waals surface area contributed by atoms with Gasteiger partial charge in [-0.25, -0.2) is 8.42 Å². The number of nitriles is 1. The Morgan fingerprint density at radius 1 is 1.06 bits per heavy atom. The Balaban J connectivity index is 1.39. The van der Waals surface area contributed by atoms with E-state index in [4.69, 9.17) is 4.74 Å². The monoisotopic (exact) mass is 464 g/mol. The highest BCUT2D eigenvalue weighted by molar-refractivity contribution is 7.91. The third-order valence-electron chi connectivity index (χ3n) is 7.38. The summed E-state index contributed by atoms with van der Waals surface area (Å²) < 4.78 is 30.3. The molecule has 5 nitrogen and oxygen atoms in total. The van der Waals surface area contributed by atoms with Gasteiger partial charge in [0.1, 0.15) is 0 Å². The predicted molar refractivity (Wildman–Crippen MR) is 129 cm³/mol. The molecule has 5 rings (SSSR count). The van der Waals surface area contributed by atoms with Crippen molar-refractivity contribution >= 4 is 9.84 Å². The highest BCUT2D eigenvalue weighted by atomic mass is 32.2. The molecular weight excluding hydrogens is 432 g/mol. The van der Waals surface area contributed by atoms with E-state index in [9.17, 15) is 13.7 Å². The lowest BCUT2D eigenvalue weighted by Gasteiger charge is -2.43. The molecular formula is C27H32N2O3S. The lowest BCUT2D eigenvalue weighted by Crippen LogP contribution is -2.63. The molecule has 1 N–H and O–H groups in total. The third-order valence-corrected chi connectivity index (χ3v) is 9.18. The van der Waals surface area contributed by atoms with E-state index in [1.165, 1.54) is 16.7 Å². The number of hydrogen-bond donors (Lipinski definition) is 1. The van der Waals surface area contributed by atoms with Gasteiger partial charge in [-0.2, -0.15) is 5.26 Å². The second-order valence-electron chi connectivity index (χ2n) is 10.1. The van der Waals surface area contributed by atoms with E-state index in [1.807, 2.05) is 6.07 Å². The van der Waals surface area contributed by atoms with Crippen LogP contribution in [0.4, 0.5) is 0 Å². The van der Waals surface area contributed by atoms with Gasteiger partial charge in [0.2, 0.25) is 0 Å². The molecule has 0 bridgehead atoms. The first-order valence-corrected chi connectivity index (χ1v) is 13.9. The van der Waals surface area contributed by atoms with Crippen LogP contribution in [-0.2, 0) is 33.8 Å². The van der Waals surface area contributed by atoms with Crippen molar-refractivity contribution < 1.29 is 13.2 Å². The maximum Gasteiger partial charge on any atom is 0.154 e. The number of aryl methyl sites for hydroxylation is 2. The molecule has 0 radical (unpaired) electrons. The zero-order valence-electron chi connectivity index (χ0n) is 19.0. The molecule has 2 fully saturated rings. The van der Waals surface area contributed by atoms with Crippen molar-refractivity contribution in [3.8, 4) is 6.07 Å². The van der Waals surface area contributed by atoms with Crippen LogP contribution in [0.1, 0.15) is 47.4 Å². The fraction of sp³-hybridized carbons (Fsp3) is 0.519. The molecule has 0 spiro atoms. The number of ether oxygens (including phenoxy) is 1. The quantitative estimate of drug-likeness (QED) is 0.614. The number of nitrogens with one attached hydrogen (secondary N) is 1. The highest BCUT2D eigenvalue weighted by Gasteiger charge is 2.43. The van der Waals surface area contributed by atoms with Crippen LogP contribution >= 0.6 is 0 Å². The van der Waals surface area contributed by atoms with Gasteiger partial charge in [-0.15, -0.1) is 0 Å². The summed E-state index contributed by atoms with van der Waals surface area (Å²) in [7, 11) is -3.00. The van der Waals surface area contributed by atoms with E-state index in [1.54, 1.807) is 0 Å². The smallest absolute Gasteiger partial charge is 0.154 e. The van der Waals surface area contributed by atoms with Crippen LogP contribution in [0.5, 0.6) is 0 Å². The van der Waals surface area contributed by atoms with Gasteiger partial charge in [0.25, 0.3) is 0 Å². The minimum atomic E-state index is -3.00. The van der Waals surface area contributed by atoms with E-state index in [-0.39, 0.29) is 17.7 Å². The summed E-state index contributed by atoms with van der Waals surface area (Å²) >= 11 is 0. The van der Waals surface area contributed by atoms with Gasteiger partial charge in [0, 0.05) is 12.0 Å². The summed E-state index contributed by atoms with van der Waals surface area (Å²) in [5, 5.41) is 13.4. The SMILES string of the molecule is N#CC1(NC2CCc3ccc(CCS(=O)(=O)CC4CC4)cc3C2Cc2ccccc2)COC1. The van der Waals surface area contributed by atoms with Gasteiger partial charge in [-0.05, 0) is 66.7 Å². The summed E-state index contributed by atoms with van der Waals surface area (Å²) in [5.74, 6) is 1.19. The molecule has 1 saturated heterocycles. The van der Waals surface area contributed by atoms with Crippen LogP contribution in [0.15, 0.2) is 48.5 Å². The maximum absolute atomic E-state index is 12.5. The van der Waals surface area contributed by atoms with Crippen LogP contribution in [0, 0.1) is 17.2 Å². The van der Waals surface area contributed by atoms with Gasteiger partial charge < -0.3 is 4.74 Å². The molecule has 0 amide bonds. The molecule has 1 saturated carbocycles. The molecule has 33 heavy (non-hydrogen) atoms. The van der Waals surface area contributed by atoms with Crippen molar-refractivity contribution in [2.45, 2.75) is 56.0 Å². The number of hydrogen-bond acceptors (Lipinski definition) is 5. The van der Waals surface area contributed by atoms with Gasteiger partial charge in [-0.3, -0.25) is 5.32 Å². The first-order chi connectivity index (χ1) is 16.0. The molecule has 2 aliphatic carbocycles. The third kappa shape index (κ3) is 5.32. The summed E-state index contributed by atoms with van der Waals surface area (Å²) in [6.07, 6.45) is 5.50. The number of benzene rings is 2. The Bertz CT molecular complexity index is 1130. The number of fused-ring (bicyclic) bond motifs is 1. The molecule has 2 unspecified atom stereocenters. The fourth-order valence-electron chi connectivity index (χ4n) is 5.24. The Hall–Kier alpha value is -2.20. The second-order valence-corrected chi connectivity index (χ2v) is 12.3. The van der Waals surface area contributed by atoms with E-state index < -0.39 is 15.4 Å². The van der Waals surface area contributed by atoms with Crippen molar-refractivity contribution in [1.29, 1.82) is 5.26 Å². The summed E-state index contributed by atoms with van der Waals surface area (Å²) in [6.45, 7) is 0.869. The van der Waals surface area contributed by atoms with Crippen molar-refractivity contribution in [2.24, 2.45) is 5.92 Å². The lowest BCUT2D eigenvalue weighted by molar-refractivity contribution is -0.0510. The lowest BCUT2D eigenvalue weighted by atomic mass is 9.74. The molecule has 1 heterocycles. The van der Waals surface area contributed by atoms with E-state index in [0.29, 0.717) is 31.3 Å². The average molecular weight is 465 g/mol. The van der Waals surface area contributed by atoms with Crippen molar-refractivity contribution in [1.82, 2.24) is 5.32 Å². The second kappa shape index (κ2) is 9.21. The highest BCUT2D eigenvalue weighted by Crippen LogP contribution is 2.37. The Morgan fingerprint density at radius 3 is 2.52 bits per heavy atom. The fourth-order valence-corrected chi connectivity index (χ4v) is 7.00. The van der Waals surface area contributed by atoms with Gasteiger partial charge >= 0.3 is 0 Å². The van der Waals surface area contributed by atoms with Crippen LogP contribution in [0.3, 0.4) is 0 Å². The van der Waals surface area contributed by atoms with Crippen molar-refractivity contribution in [3.05, 3.63) is 70.8 Å². The first-order valence-electron chi connectivity index (χ1n) is 12.1. The van der Waals surface area contributed by atoms with Crippen LogP contribution < -0.4 is 5.32 Å².